The summed E-state index contributed by atoms with van der Waals surface area (Å²) >= 11 is 2.34. The van der Waals surface area contributed by atoms with Gasteiger partial charge in [-0.1, -0.05) is 25.1 Å². The highest BCUT2D eigenvalue weighted by Gasteiger charge is 2.11. The second-order valence-electron chi connectivity index (χ2n) is 4.62. The molecular weight excluding hydrogens is 347 g/mol. The molecule has 1 atom stereocenters. The Balaban J connectivity index is 2.11. The average Bonchev–Trinajstić information content (AvgIpc) is 2.46. The Kier molecular flexibility index (Phi) is 5.79. The van der Waals surface area contributed by atoms with E-state index in [-0.39, 0.29) is 0 Å². The van der Waals surface area contributed by atoms with Crippen molar-refractivity contribution >= 4 is 22.6 Å². The molecule has 1 aromatic heterocycles. The van der Waals surface area contributed by atoms with Crippen LogP contribution < -0.4 is 5.32 Å². The summed E-state index contributed by atoms with van der Waals surface area (Å²) in [5, 5.41) is 3.61. The smallest absolute Gasteiger partial charge is 0.0376 e. The van der Waals surface area contributed by atoms with Crippen LogP contribution in [0.5, 0.6) is 0 Å². The molecule has 0 aliphatic rings. The number of hydrogen-bond acceptors (Lipinski definition) is 2. The lowest BCUT2D eigenvalue weighted by Crippen LogP contribution is -2.24. The molecule has 3 heteroatoms. The zero-order valence-corrected chi connectivity index (χ0v) is 13.3. The minimum Gasteiger partial charge on any atom is -0.310 e. The summed E-state index contributed by atoms with van der Waals surface area (Å²) in [6.07, 6.45) is 5.93. The molecule has 0 saturated heterocycles. The number of nitrogens with zero attached hydrogens (tertiary/aromatic N) is 1. The Morgan fingerprint density at radius 3 is 2.63 bits per heavy atom. The van der Waals surface area contributed by atoms with Crippen LogP contribution in [-0.4, -0.2) is 11.5 Å². The average molecular weight is 366 g/mol. The molecule has 0 bridgehead atoms. The van der Waals surface area contributed by atoms with Crippen LogP contribution in [0.15, 0.2) is 48.8 Å². The summed E-state index contributed by atoms with van der Waals surface area (Å²) in [6.45, 7) is 3.22. The quantitative estimate of drug-likeness (QED) is 0.783. The van der Waals surface area contributed by atoms with Gasteiger partial charge in [-0.05, 0) is 71.3 Å². The molecule has 0 spiro atoms. The molecule has 0 amide bonds. The van der Waals surface area contributed by atoms with E-state index >= 15 is 0 Å². The van der Waals surface area contributed by atoms with Crippen molar-refractivity contribution in [3.8, 4) is 0 Å². The third kappa shape index (κ3) is 4.58. The summed E-state index contributed by atoms with van der Waals surface area (Å²) in [5.74, 6) is 0. The maximum atomic E-state index is 4.23. The van der Waals surface area contributed by atoms with Crippen LogP contribution in [-0.2, 0) is 6.42 Å². The standard InChI is InChI=1S/C16H19IN2/c1-2-9-19-16(14-4-3-10-18-12-14)11-13-5-7-15(17)8-6-13/h3-8,10,12,16,19H,2,9,11H2,1H3. The highest BCUT2D eigenvalue weighted by Crippen LogP contribution is 2.18. The van der Waals surface area contributed by atoms with Gasteiger partial charge in [0.25, 0.3) is 0 Å². The van der Waals surface area contributed by atoms with Crippen LogP contribution in [0, 0.1) is 3.57 Å². The number of nitrogens with one attached hydrogen (secondary N) is 1. The normalized spacial score (nSPS) is 12.3. The first-order chi connectivity index (χ1) is 9.29. The Labute approximate surface area is 128 Å². The van der Waals surface area contributed by atoms with Crippen molar-refractivity contribution in [3.05, 3.63) is 63.5 Å². The summed E-state index contributed by atoms with van der Waals surface area (Å²) in [6, 6.07) is 13.2. The molecule has 1 heterocycles. The number of rotatable bonds is 6. The second-order valence-corrected chi connectivity index (χ2v) is 5.87. The maximum Gasteiger partial charge on any atom is 0.0376 e. The van der Waals surface area contributed by atoms with Crippen LogP contribution in [0.1, 0.15) is 30.5 Å². The highest BCUT2D eigenvalue weighted by atomic mass is 127. The van der Waals surface area contributed by atoms with Crippen LogP contribution in [0.25, 0.3) is 0 Å². The molecule has 19 heavy (non-hydrogen) atoms. The lowest BCUT2D eigenvalue weighted by molar-refractivity contribution is 0.528. The largest absolute Gasteiger partial charge is 0.310 e. The topological polar surface area (TPSA) is 24.9 Å². The van der Waals surface area contributed by atoms with E-state index in [0.29, 0.717) is 6.04 Å². The SMILES string of the molecule is CCCNC(Cc1ccc(I)cc1)c1cccnc1. The van der Waals surface area contributed by atoms with Gasteiger partial charge < -0.3 is 5.32 Å². The first kappa shape index (κ1) is 14.5. The molecular formula is C16H19IN2. The van der Waals surface area contributed by atoms with Gasteiger partial charge in [0.05, 0.1) is 0 Å². The first-order valence-electron chi connectivity index (χ1n) is 6.67. The summed E-state index contributed by atoms with van der Waals surface area (Å²) in [4.78, 5) is 4.23. The van der Waals surface area contributed by atoms with Crippen molar-refractivity contribution in [2.75, 3.05) is 6.54 Å². The summed E-state index contributed by atoms with van der Waals surface area (Å²) < 4.78 is 1.28. The van der Waals surface area contributed by atoms with E-state index in [1.165, 1.54) is 14.7 Å². The number of halogens is 1. The van der Waals surface area contributed by atoms with Crippen molar-refractivity contribution in [1.29, 1.82) is 0 Å². The highest BCUT2D eigenvalue weighted by molar-refractivity contribution is 14.1. The van der Waals surface area contributed by atoms with E-state index in [9.17, 15) is 0 Å². The molecule has 0 radical (unpaired) electrons. The molecule has 0 fully saturated rings. The first-order valence-corrected chi connectivity index (χ1v) is 7.75. The second kappa shape index (κ2) is 7.60. The number of aromatic nitrogens is 1. The Morgan fingerprint density at radius 1 is 1.21 bits per heavy atom. The minimum absolute atomic E-state index is 0.341. The molecule has 0 aliphatic heterocycles. The van der Waals surface area contributed by atoms with Crippen molar-refractivity contribution < 1.29 is 0 Å². The zero-order valence-electron chi connectivity index (χ0n) is 11.1. The van der Waals surface area contributed by atoms with Gasteiger partial charge >= 0.3 is 0 Å². The van der Waals surface area contributed by atoms with Crippen molar-refractivity contribution in [2.45, 2.75) is 25.8 Å². The third-order valence-electron chi connectivity index (χ3n) is 3.08. The van der Waals surface area contributed by atoms with E-state index in [0.717, 1.165) is 19.4 Å². The predicted octanol–water partition coefficient (Wildman–Crippen LogP) is 3.97. The van der Waals surface area contributed by atoms with E-state index in [4.69, 9.17) is 0 Å². The van der Waals surface area contributed by atoms with Gasteiger partial charge in [0.1, 0.15) is 0 Å². The summed E-state index contributed by atoms with van der Waals surface area (Å²) in [5.41, 5.74) is 2.62. The van der Waals surface area contributed by atoms with Crippen LogP contribution in [0.3, 0.4) is 0 Å². The Morgan fingerprint density at radius 2 is 2.00 bits per heavy atom. The lowest BCUT2D eigenvalue weighted by Gasteiger charge is -2.18. The van der Waals surface area contributed by atoms with Crippen molar-refractivity contribution in [3.63, 3.8) is 0 Å². The molecule has 0 saturated carbocycles. The molecule has 2 nitrogen and oxygen atoms in total. The van der Waals surface area contributed by atoms with E-state index in [1.54, 1.807) is 0 Å². The van der Waals surface area contributed by atoms with E-state index in [1.807, 2.05) is 18.5 Å². The monoisotopic (exact) mass is 366 g/mol. The van der Waals surface area contributed by atoms with Crippen molar-refractivity contribution in [1.82, 2.24) is 10.3 Å². The fraction of sp³-hybridized carbons (Fsp3) is 0.312. The number of pyridine rings is 1. The van der Waals surface area contributed by atoms with Gasteiger partial charge in [-0.3, -0.25) is 4.98 Å². The molecule has 2 aromatic rings. The number of benzene rings is 1. The zero-order chi connectivity index (χ0) is 13.5. The predicted molar refractivity (Wildman–Crippen MR) is 88.1 cm³/mol. The fourth-order valence-electron chi connectivity index (χ4n) is 2.06. The minimum atomic E-state index is 0.341. The molecule has 1 aromatic carbocycles. The van der Waals surface area contributed by atoms with Crippen molar-refractivity contribution in [2.24, 2.45) is 0 Å². The van der Waals surface area contributed by atoms with Gasteiger partial charge in [0, 0.05) is 22.0 Å². The van der Waals surface area contributed by atoms with Gasteiger partial charge in [0.15, 0.2) is 0 Å². The van der Waals surface area contributed by atoms with Crippen LogP contribution in [0.4, 0.5) is 0 Å². The summed E-state index contributed by atoms with van der Waals surface area (Å²) in [7, 11) is 0. The van der Waals surface area contributed by atoms with Gasteiger partial charge in [-0.15, -0.1) is 0 Å². The molecule has 1 N–H and O–H groups in total. The Bertz CT molecular complexity index is 482. The maximum absolute atomic E-state index is 4.23. The lowest BCUT2D eigenvalue weighted by atomic mass is 10.00. The van der Waals surface area contributed by atoms with Gasteiger partial charge in [-0.25, -0.2) is 0 Å². The fourth-order valence-corrected chi connectivity index (χ4v) is 2.42. The Hall–Kier alpha value is -0.940. The molecule has 0 aliphatic carbocycles. The number of hydrogen-bond donors (Lipinski definition) is 1. The molecule has 2 rings (SSSR count). The third-order valence-corrected chi connectivity index (χ3v) is 3.80. The van der Waals surface area contributed by atoms with Gasteiger partial charge in [0.2, 0.25) is 0 Å². The van der Waals surface area contributed by atoms with E-state index < -0.39 is 0 Å². The van der Waals surface area contributed by atoms with Gasteiger partial charge in [-0.2, -0.15) is 0 Å². The molecule has 1 unspecified atom stereocenters. The molecule has 100 valence electrons. The van der Waals surface area contributed by atoms with Crippen LogP contribution in [0.2, 0.25) is 0 Å². The van der Waals surface area contributed by atoms with E-state index in [2.05, 4.69) is 70.1 Å². The van der Waals surface area contributed by atoms with Crippen LogP contribution >= 0.6 is 22.6 Å².